The van der Waals surface area contributed by atoms with Crippen LogP contribution in [0.3, 0.4) is 0 Å². The minimum atomic E-state index is -0.446. The van der Waals surface area contributed by atoms with Gasteiger partial charge in [-0.25, -0.2) is 4.79 Å². The minimum absolute atomic E-state index is 0.122. The van der Waals surface area contributed by atoms with Gasteiger partial charge in [-0.15, -0.1) is 0 Å². The van der Waals surface area contributed by atoms with Gasteiger partial charge in [0.2, 0.25) is 0 Å². The van der Waals surface area contributed by atoms with Crippen LogP contribution in [0.5, 0.6) is 0 Å². The minimum Gasteiger partial charge on any atom is -0.447 e. The first kappa shape index (κ1) is 11.5. The van der Waals surface area contributed by atoms with Gasteiger partial charge in [0.1, 0.15) is 0 Å². The molecule has 1 aromatic rings. The second-order valence-electron chi connectivity index (χ2n) is 3.66. The molecule has 4 nitrogen and oxygen atoms in total. The molecule has 0 atom stereocenters. The van der Waals surface area contributed by atoms with Crippen LogP contribution in [0.1, 0.15) is 25.2 Å². The van der Waals surface area contributed by atoms with Crippen molar-refractivity contribution in [3.63, 3.8) is 0 Å². The lowest BCUT2D eigenvalue weighted by Crippen LogP contribution is -2.18. The summed E-state index contributed by atoms with van der Waals surface area (Å²) in [6.07, 6.45) is -0.567. The molecule has 0 radical (unpaired) electrons. The second-order valence-corrected chi connectivity index (χ2v) is 3.66. The maximum absolute atomic E-state index is 11.3. The lowest BCUT2D eigenvalue weighted by Gasteiger charge is -2.11. The van der Waals surface area contributed by atoms with Gasteiger partial charge in [0, 0.05) is 5.69 Å². The van der Waals surface area contributed by atoms with Gasteiger partial charge < -0.3 is 4.74 Å². The fourth-order valence-electron chi connectivity index (χ4n) is 1.17. The molecule has 0 bridgehead atoms. The highest BCUT2D eigenvalue weighted by molar-refractivity contribution is 5.85. The normalized spacial score (nSPS) is 10.2. The van der Waals surface area contributed by atoms with E-state index in [1.165, 1.54) is 0 Å². The molecular formula is C11H16N2O2. The number of amides is 1. The summed E-state index contributed by atoms with van der Waals surface area (Å²) >= 11 is 0. The maximum Gasteiger partial charge on any atom is 0.411 e. The van der Waals surface area contributed by atoms with Crippen molar-refractivity contribution in [3.05, 3.63) is 23.5 Å². The van der Waals surface area contributed by atoms with Crippen molar-refractivity contribution in [1.29, 1.82) is 0 Å². The number of aromatic nitrogens is 1. The molecule has 0 saturated carbocycles. The fourth-order valence-corrected chi connectivity index (χ4v) is 1.17. The number of nitrogens with one attached hydrogen (secondary N) is 1. The number of aryl methyl sites for hydroxylation is 2. The smallest absolute Gasteiger partial charge is 0.411 e. The molecule has 0 aliphatic heterocycles. The van der Waals surface area contributed by atoms with Crippen LogP contribution >= 0.6 is 0 Å². The largest absolute Gasteiger partial charge is 0.447 e. The number of nitrogens with zero attached hydrogens (tertiary/aromatic N) is 1. The van der Waals surface area contributed by atoms with Crippen LogP contribution in [0.4, 0.5) is 10.5 Å². The average molecular weight is 208 g/mol. The highest BCUT2D eigenvalue weighted by atomic mass is 16.6. The summed E-state index contributed by atoms with van der Waals surface area (Å²) in [5.41, 5.74) is 2.40. The first-order valence-corrected chi connectivity index (χ1v) is 4.91. The summed E-state index contributed by atoms with van der Waals surface area (Å²) in [6, 6.07) is 3.66. The van der Waals surface area contributed by atoms with Crippen molar-refractivity contribution in [2.45, 2.75) is 33.8 Å². The van der Waals surface area contributed by atoms with E-state index >= 15 is 0 Å². The third-order valence-corrected chi connectivity index (χ3v) is 1.80. The number of carbonyl (C=O) groups excluding carboxylic acids is 1. The zero-order valence-electron chi connectivity index (χ0n) is 9.50. The first-order valence-electron chi connectivity index (χ1n) is 4.91. The first-order chi connectivity index (χ1) is 6.99. The Hall–Kier alpha value is -1.58. The van der Waals surface area contributed by atoms with Gasteiger partial charge in [-0.3, -0.25) is 10.3 Å². The second kappa shape index (κ2) is 4.77. The zero-order chi connectivity index (χ0) is 11.4. The lowest BCUT2D eigenvalue weighted by atomic mass is 10.3. The van der Waals surface area contributed by atoms with E-state index in [0.29, 0.717) is 5.69 Å². The Morgan fingerprint density at radius 3 is 2.60 bits per heavy atom. The Morgan fingerprint density at radius 2 is 2.07 bits per heavy atom. The molecule has 0 spiro atoms. The predicted molar refractivity (Wildman–Crippen MR) is 59.0 cm³/mol. The van der Waals surface area contributed by atoms with Crippen molar-refractivity contribution in [2.75, 3.05) is 5.32 Å². The van der Waals surface area contributed by atoms with Crippen molar-refractivity contribution >= 4 is 11.8 Å². The van der Waals surface area contributed by atoms with Gasteiger partial charge in [-0.1, -0.05) is 0 Å². The van der Waals surface area contributed by atoms with Gasteiger partial charge in [0.15, 0.2) is 0 Å². The molecule has 15 heavy (non-hydrogen) atoms. The number of rotatable bonds is 2. The maximum atomic E-state index is 11.3. The molecule has 0 aromatic carbocycles. The molecule has 4 heteroatoms. The summed E-state index contributed by atoms with van der Waals surface area (Å²) in [6.45, 7) is 7.36. The van der Waals surface area contributed by atoms with Crippen LogP contribution < -0.4 is 5.32 Å². The Kier molecular flexibility index (Phi) is 3.66. The fraction of sp³-hybridized carbons (Fsp3) is 0.455. The van der Waals surface area contributed by atoms with Crippen LogP contribution in [0.2, 0.25) is 0 Å². The van der Waals surface area contributed by atoms with Gasteiger partial charge in [0.05, 0.1) is 17.5 Å². The molecule has 0 aliphatic carbocycles. The molecule has 1 amide bonds. The lowest BCUT2D eigenvalue weighted by molar-refractivity contribution is 0.130. The van der Waals surface area contributed by atoms with Crippen molar-refractivity contribution < 1.29 is 9.53 Å². The molecule has 0 unspecified atom stereocenters. The van der Waals surface area contributed by atoms with Gasteiger partial charge in [0.25, 0.3) is 0 Å². The summed E-state index contributed by atoms with van der Waals surface area (Å²) in [7, 11) is 0. The quantitative estimate of drug-likeness (QED) is 0.812. The Balaban J connectivity index is 2.68. The van der Waals surface area contributed by atoms with Crippen LogP contribution in [0.25, 0.3) is 0 Å². The number of carbonyl (C=O) groups is 1. The van der Waals surface area contributed by atoms with E-state index in [4.69, 9.17) is 4.74 Å². The average Bonchev–Trinajstić information content (AvgIpc) is 2.08. The Labute approximate surface area is 89.7 Å². The third-order valence-electron chi connectivity index (χ3n) is 1.80. The van der Waals surface area contributed by atoms with E-state index in [1.54, 1.807) is 13.8 Å². The highest BCUT2D eigenvalue weighted by Gasteiger charge is 2.07. The van der Waals surface area contributed by atoms with Crippen molar-refractivity contribution in [1.82, 2.24) is 4.98 Å². The van der Waals surface area contributed by atoms with Gasteiger partial charge in [-0.2, -0.15) is 0 Å². The van der Waals surface area contributed by atoms with Crippen LogP contribution in [-0.4, -0.2) is 17.2 Å². The van der Waals surface area contributed by atoms with Crippen LogP contribution in [0.15, 0.2) is 12.1 Å². The van der Waals surface area contributed by atoms with Gasteiger partial charge in [-0.05, 0) is 39.8 Å². The standard InChI is InChI=1S/C11H16N2O2/c1-7(2)15-11(14)13-10-6-5-8(3)12-9(10)4/h5-7H,1-4H3,(H,13,14). The summed E-state index contributed by atoms with van der Waals surface area (Å²) < 4.78 is 4.96. The van der Waals surface area contributed by atoms with Crippen LogP contribution in [0, 0.1) is 13.8 Å². The molecular weight excluding hydrogens is 192 g/mol. The third kappa shape index (κ3) is 3.58. The zero-order valence-corrected chi connectivity index (χ0v) is 9.50. The number of ether oxygens (including phenoxy) is 1. The van der Waals surface area contributed by atoms with E-state index < -0.39 is 6.09 Å². The van der Waals surface area contributed by atoms with E-state index in [0.717, 1.165) is 11.4 Å². The number of pyridine rings is 1. The number of hydrogen-bond donors (Lipinski definition) is 1. The molecule has 0 aliphatic rings. The number of hydrogen-bond acceptors (Lipinski definition) is 3. The summed E-state index contributed by atoms with van der Waals surface area (Å²) in [5.74, 6) is 0. The van der Waals surface area contributed by atoms with Crippen molar-refractivity contribution in [2.24, 2.45) is 0 Å². The molecule has 1 aromatic heterocycles. The SMILES string of the molecule is Cc1ccc(NC(=O)OC(C)C)c(C)n1. The van der Waals surface area contributed by atoms with E-state index in [9.17, 15) is 4.79 Å². The van der Waals surface area contributed by atoms with Crippen molar-refractivity contribution in [3.8, 4) is 0 Å². The summed E-state index contributed by atoms with van der Waals surface area (Å²) in [4.78, 5) is 15.5. The molecule has 0 fully saturated rings. The van der Waals surface area contributed by atoms with Gasteiger partial charge >= 0.3 is 6.09 Å². The van der Waals surface area contributed by atoms with E-state index in [1.807, 2.05) is 26.0 Å². The monoisotopic (exact) mass is 208 g/mol. The topological polar surface area (TPSA) is 51.2 Å². The Bertz CT molecular complexity index is 362. The molecule has 82 valence electrons. The molecule has 1 rings (SSSR count). The molecule has 1 heterocycles. The highest BCUT2D eigenvalue weighted by Crippen LogP contribution is 2.12. The predicted octanol–water partition coefficient (Wildman–Crippen LogP) is 2.66. The Morgan fingerprint density at radius 1 is 1.40 bits per heavy atom. The molecule has 0 saturated heterocycles. The summed E-state index contributed by atoms with van der Waals surface area (Å²) in [5, 5.41) is 2.65. The van der Waals surface area contributed by atoms with Crippen LogP contribution in [-0.2, 0) is 4.74 Å². The van der Waals surface area contributed by atoms with E-state index in [-0.39, 0.29) is 6.10 Å². The van der Waals surface area contributed by atoms with E-state index in [2.05, 4.69) is 10.3 Å². The number of anilines is 1. The molecule has 1 N–H and O–H groups in total.